The summed E-state index contributed by atoms with van der Waals surface area (Å²) in [5.41, 5.74) is 3.24. The van der Waals surface area contributed by atoms with Crippen LogP contribution in [-0.4, -0.2) is 56.2 Å². The van der Waals surface area contributed by atoms with Crippen molar-refractivity contribution in [2.45, 2.75) is 38.2 Å². The van der Waals surface area contributed by atoms with Crippen molar-refractivity contribution in [2.24, 2.45) is 5.92 Å². The van der Waals surface area contributed by atoms with E-state index in [0.29, 0.717) is 34.7 Å². The van der Waals surface area contributed by atoms with E-state index in [4.69, 9.17) is 4.74 Å². The van der Waals surface area contributed by atoms with Gasteiger partial charge in [0.2, 0.25) is 0 Å². The van der Waals surface area contributed by atoms with Crippen molar-refractivity contribution in [1.82, 2.24) is 29.7 Å². The normalized spacial score (nSPS) is 14.8. The Hall–Kier alpha value is -3.75. The summed E-state index contributed by atoms with van der Waals surface area (Å²) in [6.45, 7) is 1.55. The van der Waals surface area contributed by atoms with Crippen LogP contribution in [0.2, 0.25) is 0 Å². The molecule has 2 aliphatic rings. The van der Waals surface area contributed by atoms with E-state index >= 15 is 0 Å². The van der Waals surface area contributed by atoms with Gasteiger partial charge in [-0.25, -0.2) is 18.9 Å². The minimum absolute atomic E-state index is 0. The second-order valence-corrected chi connectivity index (χ2v) is 10.0. The van der Waals surface area contributed by atoms with Crippen LogP contribution in [-0.2, 0) is 21.3 Å². The van der Waals surface area contributed by atoms with Crippen molar-refractivity contribution in [2.75, 3.05) is 25.1 Å². The van der Waals surface area contributed by atoms with E-state index in [1.165, 1.54) is 49.7 Å². The van der Waals surface area contributed by atoms with Gasteiger partial charge in [0.05, 0.1) is 25.9 Å². The molecule has 2 fully saturated rings. The van der Waals surface area contributed by atoms with Gasteiger partial charge in [-0.15, -0.1) is 23.0 Å². The monoisotopic (exact) mass is 619 g/mol. The molecule has 0 unspecified atom stereocenters. The number of hydrogen-bond acceptors (Lipinski definition) is 9. The molecule has 41 heavy (non-hydrogen) atoms. The van der Waals surface area contributed by atoms with E-state index in [1.807, 2.05) is 18.8 Å². The van der Waals surface area contributed by atoms with Crippen molar-refractivity contribution in [3.63, 3.8) is 0 Å². The van der Waals surface area contributed by atoms with E-state index < -0.39 is 6.43 Å². The van der Waals surface area contributed by atoms with E-state index in [1.54, 1.807) is 12.3 Å². The van der Waals surface area contributed by atoms with Gasteiger partial charge in [0.25, 0.3) is 6.43 Å². The van der Waals surface area contributed by atoms with Gasteiger partial charge in [-0.05, 0) is 37.3 Å². The van der Waals surface area contributed by atoms with E-state index in [-0.39, 0.29) is 27.7 Å². The first-order valence-electron chi connectivity index (χ1n) is 12.7. The first-order valence-corrected chi connectivity index (χ1v) is 13.5. The summed E-state index contributed by atoms with van der Waals surface area (Å²) in [6, 6.07) is 3.35. The van der Waals surface area contributed by atoms with Crippen LogP contribution in [0.5, 0.6) is 5.75 Å². The van der Waals surface area contributed by atoms with Crippen LogP contribution >= 0.6 is 11.3 Å². The van der Waals surface area contributed by atoms with Crippen molar-refractivity contribution in [3.8, 4) is 28.7 Å². The van der Waals surface area contributed by atoms with Gasteiger partial charge >= 0.3 is 16.5 Å². The summed E-state index contributed by atoms with van der Waals surface area (Å²) in [5.74, 6) is 7.66. The summed E-state index contributed by atoms with van der Waals surface area (Å²) >= 11 is 1.37. The van der Waals surface area contributed by atoms with E-state index in [2.05, 4.69) is 52.0 Å². The quantitative estimate of drug-likeness (QED) is 0.174. The summed E-state index contributed by atoms with van der Waals surface area (Å²) < 4.78 is 33.8. The number of aromatic nitrogens is 6. The third kappa shape index (κ3) is 7.71. The fourth-order valence-corrected chi connectivity index (χ4v) is 4.70. The summed E-state index contributed by atoms with van der Waals surface area (Å²) in [6.07, 6.45) is 11.7. The number of hydrogen-bond donors (Lipinski definition) is 0. The zero-order valence-corrected chi connectivity index (χ0v) is 23.7. The van der Waals surface area contributed by atoms with Crippen LogP contribution in [0.4, 0.5) is 14.6 Å². The maximum Gasteiger partial charge on any atom is 2.00 e. The van der Waals surface area contributed by atoms with Gasteiger partial charge in [-0.1, -0.05) is 17.8 Å². The van der Waals surface area contributed by atoms with Crippen molar-refractivity contribution in [3.05, 3.63) is 65.0 Å². The molecular formula is C28H25F2N7NiO2S. The Morgan fingerprint density at radius 2 is 1.95 bits per heavy atom. The Balaban J connectivity index is 0.000000295. The van der Waals surface area contributed by atoms with Crippen LogP contribution in [0.3, 0.4) is 0 Å². The van der Waals surface area contributed by atoms with Crippen molar-refractivity contribution >= 4 is 23.4 Å². The smallest absolute Gasteiger partial charge is 0.496 e. The Bertz CT molecular complexity index is 1480. The molecule has 1 saturated heterocycles. The number of methoxy groups -OCH3 is 1. The van der Waals surface area contributed by atoms with Gasteiger partial charge in [0.15, 0.2) is 0 Å². The number of rotatable bonds is 6. The fourth-order valence-electron chi connectivity index (χ4n) is 4.34. The molecule has 13 heteroatoms. The molecule has 0 N–H and O–H groups in total. The van der Waals surface area contributed by atoms with Crippen LogP contribution in [0.25, 0.3) is 11.1 Å². The third-order valence-electron chi connectivity index (χ3n) is 6.64. The average Bonchev–Trinajstić information content (AvgIpc) is 3.41. The first kappa shape index (κ1) is 30.2. The Morgan fingerprint density at radius 3 is 2.56 bits per heavy atom. The van der Waals surface area contributed by atoms with Crippen molar-refractivity contribution < 1.29 is 34.8 Å². The van der Waals surface area contributed by atoms with Gasteiger partial charge in [-0.3, -0.25) is 10.1 Å². The molecule has 1 saturated carbocycles. The molecule has 6 rings (SSSR count). The second kappa shape index (κ2) is 14.2. The summed E-state index contributed by atoms with van der Waals surface area (Å²) in [4.78, 5) is 25.8. The average molecular weight is 620 g/mol. The number of ether oxygens (including phenoxy) is 1. The molecule has 0 spiro atoms. The molecule has 214 valence electrons. The van der Waals surface area contributed by atoms with Crippen LogP contribution < -0.4 is 9.64 Å². The van der Waals surface area contributed by atoms with Gasteiger partial charge in [0, 0.05) is 42.5 Å². The summed E-state index contributed by atoms with van der Waals surface area (Å²) in [7, 11) is 1.43. The summed E-state index contributed by atoms with van der Waals surface area (Å²) in [5, 5.41) is 8.10. The molecule has 9 nitrogen and oxygen atoms in total. The Morgan fingerprint density at radius 1 is 1.15 bits per heavy atom. The second-order valence-electron chi connectivity index (χ2n) is 9.27. The number of piperidine rings is 1. The van der Waals surface area contributed by atoms with Crippen LogP contribution in [0.1, 0.15) is 54.4 Å². The topological polar surface area (TPSA) is 98.9 Å². The SMILES string of the molecule is C(#CC1CC1)c1nn[c-]s1.COc1cnc(C(F)F)cc1-c1cc(N2CCC(n3ccnc3)CC2)ncc1[C-]=O.[Ni+2]. The van der Waals surface area contributed by atoms with Crippen LogP contribution in [0, 0.1) is 23.3 Å². The van der Waals surface area contributed by atoms with E-state index in [9.17, 15) is 13.6 Å². The molecule has 4 aromatic rings. The maximum absolute atomic E-state index is 13.2. The van der Waals surface area contributed by atoms with Crippen LogP contribution in [0.15, 0.2) is 43.2 Å². The maximum atomic E-state index is 13.2. The minimum atomic E-state index is -2.73. The molecule has 0 aromatic carbocycles. The third-order valence-corrected chi connectivity index (χ3v) is 7.19. The molecular weight excluding hydrogens is 595 g/mol. The van der Waals surface area contributed by atoms with Gasteiger partial charge in [0.1, 0.15) is 17.3 Å². The number of anilines is 1. The largest absolute Gasteiger partial charge is 2.00 e. The molecule has 5 heterocycles. The predicted molar refractivity (Wildman–Crippen MR) is 145 cm³/mol. The minimum Gasteiger partial charge on any atom is -0.496 e. The standard InChI is InChI=1S/C21H20F2N5O2.C7H5N2S.Ni/c1-30-19-11-25-18(21(22)23)8-17(19)16-9-20(26-10-14(16)12-29)27-5-2-15(3-6-27)28-7-4-24-13-28;1-2-6(1)3-4-7-9-8-5-10-7;/h4,7-11,13,15,21H,2-3,5-6H2,1H3;6H,1-2H2;/q2*-1;+2. The molecule has 1 aliphatic heterocycles. The van der Waals surface area contributed by atoms with Crippen molar-refractivity contribution in [1.29, 1.82) is 0 Å². The zero-order valence-electron chi connectivity index (χ0n) is 21.9. The fraction of sp³-hybridized carbons (Fsp3) is 0.357. The number of pyridine rings is 2. The van der Waals surface area contributed by atoms with Gasteiger partial charge < -0.3 is 35.3 Å². The Kier molecular flexibility index (Phi) is 10.5. The zero-order chi connectivity index (χ0) is 27.9. The first-order chi connectivity index (χ1) is 19.6. The molecule has 0 radical (unpaired) electrons. The molecule has 0 amide bonds. The molecule has 0 bridgehead atoms. The number of carbonyl (C=O) groups excluding carboxylic acids is 1. The van der Waals surface area contributed by atoms with E-state index in [0.717, 1.165) is 30.9 Å². The number of halogens is 2. The number of alkyl halides is 2. The number of nitrogens with zero attached hydrogens (tertiary/aromatic N) is 7. The molecule has 1 aliphatic carbocycles. The number of imidazole rings is 1. The predicted octanol–water partition coefficient (Wildman–Crippen LogP) is 4.68. The Labute approximate surface area is 250 Å². The van der Waals surface area contributed by atoms with Gasteiger partial charge in [-0.2, -0.15) is 0 Å². The molecule has 4 aromatic heterocycles. The molecule has 0 atom stereocenters.